The summed E-state index contributed by atoms with van der Waals surface area (Å²) < 4.78 is 0. The monoisotopic (exact) mass is 276 g/mol. The van der Waals surface area contributed by atoms with Crippen molar-refractivity contribution in [3.63, 3.8) is 0 Å². The molecule has 0 spiro atoms. The van der Waals surface area contributed by atoms with E-state index in [0.717, 1.165) is 19.6 Å². The highest BCUT2D eigenvalue weighted by Crippen LogP contribution is 2.25. The Morgan fingerprint density at radius 2 is 2.05 bits per heavy atom. The fraction of sp³-hybridized carbons (Fsp3) is 0.562. The van der Waals surface area contributed by atoms with Gasteiger partial charge in [-0.1, -0.05) is 30.3 Å². The number of amides is 1. The second-order valence-electron chi connectivity index (χ2n) is 5.89. The van der Waals surface area contributed by atoms with E-state index >= 15 is 0 Å². The Balaban J connectivity index is 1.97. The van der Waals surface area contributed by atoms with Crippen molar-refractivity contribution in [1.29, 1.82) is 0 Å². The van der Waals surface area contributed by atoms with E-state index in [2.05, 4.69) is 22.3 Å². The molecule has 1 aromatic carbocycles. The molecule has 1 saturated heterocycles. The number of carbonyl (C=O) groups excluding carboxylic acids is 1. The van der Waals surface area contributed by atoms with E-state index in [1.54, 1.807) is 0 Å². The van der Waals surface area contributed by atoms with Crippen molar-refractivity contribution in [3.05, 3.63) is 35.9 Å². The van der Waals surface area contributed by atoms with Gasteiger partial charge in [0.2, 0.25) is 5.91 Å². The number of nitrogens with zero attached hydrogens (tertiary/aromatic N) is 1. The van der Waals surface area contributed by atoms with E-state index in [0.29, 0.717) is 0 Å². The molecule has 1 fully saturated rings. The maximum atomic E-state index is 12.2. The Morgan fingerprint density at radius 3 is 2.65 bits per heavy atom. The van der Waals surface area contributed by atoms with Crippen LogP contribution in [0.2, 0.25) is 0 Å². The first-order valence-electron chi connectivity index (χ1n) is 7.27. The molecular formula is C16H24N2O2. The lowest BCUT2D eigenvalue weighted by Gasteiger charge is -2.17. The van der Waals surface area contributed by atoms with Crippen LogP contribution in [0.25, 0.3) is 0 Å². The van der Waals surface area contributed by atoms with Crippen molar-refractivity contribution in [2.24, 2.45) is 11.8 Å². The third-order valence-corrected chi connectivity index (χ3v) is 3.77. The molecule has 0 aliphatic carbocycles. The van der Waals surface area contributed by atoms with Crippen molar-refractivity contribution in [1.82, 2.24) is 10.2 Å². The molecule has 1 heterocycles. The maximum Gasteiger partial charge on any atom is 0.225 e. The summed E-state index contributed by atoms with van der Waals surface area (Å²) in [6.45, 7) is 6.33. The van der Waals surface area contributed by atoms with Gasteiger partial charge in [0.15, 0.2) is 0 Å². The van der Waals surface area contributed by atoms with E-state index in [4.69, 9.17) is 0 Å². The quantitative estimate of drug-likeness (QED) is 0.851. The zero-order chi connectivity index (χ0) is 14.5. The maximum absolute atomic E-state index is 12.2. The minimum Gasteiger partial charge on any atom is -0.396 e. The number of rotatable bonds is 5. The van der Waals surface area contributed by atoms with Gasteiger partial charge in [0.1, 0.15) is 0 Å². The number of hydrogen-bond donors (Lipinski definition) is 2. The van der Waals surface area contributed by atoms with Crippen LogP contribution in [0.3, 0.4) is 0 Å². The van der Waals surface area contributed by atoms with Crippen molar-refractivity contribution in [2.75, 3.05) is 19.7 Å². The molecule has 2 N–H and O–H groups in total. The van der Waals surface area contributed by atoms with Crippen molar-refractivity contribution < 1.29 is 9.90 Å². The Hall–Kier alpha value is -1.39. The standard InChI is InChI=1S/C16H24N2O2/c1-12(2)17-16(20)15-10-18(9-14(15)11-19)8-13-6-4-3-5-7-13/h3-7,12,14-15,19H,8-11H2,1-2H3,(H,17,20)/t14-,15?/m1/s1. The van der Waals surface area contributed by atoms with E-state index in [9.17, 15) is 9.90 Å². The summed E-state index contributed by atoms with van der Waals surface area (Å²) in [5, 5.41) is 12.5. The van der Waals surface area contributed by atoms with Crippen LogP contribution in [0.15, 0.2) is 30.3 Å². The van der Waals surface area contributed by atoms with Crippen LogP contribution >= 0.6 is 0 Å². The van der Waals surface area contributed by atoms with E-state index < -0.39 is 0 Å². The van der Waals surface area contributed by atoms with E-state index in [-0.39, 0.29) is 30.4 Å². The predicted molar refractivity (Wildman–Crippen MR) is 79.1 cm³/mol. The van der Waals surface area contributed by atoms with Crippen LogP contribution in [0.1, 0.15) is 19.4 Å². The molecule has 2 atom stereocenters. The number of carbonyl (C=O) groups is 1. The SMILES string of the molecule is CC(C)NC(=O)C1CN(Cc2ccccc2)C[C@@H]1CO. The molecule has 0 bridgehead atoms. The zero-order valence-electron chi connectivity index (χ0n) is 12.2. The molecule has 1 unspecified atom stereocenters. The van der Waals surface area contributed by atoms with Crippen LogP contribution in [0, 0.1) is 11.8 Å². The highest BCUT2D eigenvalue weighted by atomic mass is 16.3. The lowest BCUT2D eigenvalue weighted by atomic mass is 9.96. The van der Waals surface area contributed by atoms with Crippen LogP contribution in [0.4, 0.5) is 0 Å². The molecule has 1 aliphatic rings. The van der Waals surface area contributed by atoms with Gasteiger partial charge >= 0.3 is 0 Å². The molecule has 1 aliphatic heterocycles. The van der Waals surface area contributed by atoms with Crippen LogP contribution in [-0.2, 0) is 11.3 Å². The molecule has 1 amide bonds. The van der Waals surface area contributed by atoms with Gasteiger partial charge in [-0.3, -0.25) is 9.69 Å². The summed E-state index contributed by atoms with van der Waals surface area (Å²) in [4.78, 5) is 14.4. The second kappa shape index (κ2) is 6.86. The van der Waals surface area contributed by atoms with Crippen LogP contribution in [-0.4, -0.2) is 41.7 Å². The highest BCUT2D eigenvalue weighted by Gasteiger charge is 2.37. The van der Waals surface area contributed by atoms with Gasteiger partial charge in [0.05, 0.1) is 5.92 Å². The molecule has 20 heavy (non-hydrogen) atoms. The molecule has 4 heteroatoms. The first-order valence-corrected chi connectivity index (χ1v) is 7.27. The van der Waals surface area contributed by atoms with E-state index in [1.165, 1.54) is 5.56 Å². The predicted octanol–water partition coefficient (Wildman–Crippen LogP) is 1.25. The number of aliphatic hydroxyl groups is 1. The first-order chi connectivity index (χ1) is 9.60. The molecule has 0 radical (unpaired) electrons. The van der Waals surface area contributed by atoms with Gasteiger partial charge in [0.25, 0.3) is 0 Å². The van der Waals surface area contributed by atoms with Gasteiger partial charge in [0, 0.05) is 38.2 Å². The van der Waals surface area contributed by atoms with Gasteiger partial charge < -0.3 is 10.4 Å². The van der Waals surface area contributed by atoms with Crippen LogP contribution < -0.4 is 5.32 Å². The van der Waals surface area contributed by atoms with Crippen molar-refractivity contribution >= 4 is 5.91 Å². The highest BCUT2D eigenvalue weighted by molar-refractivity contribution is 5.79. The van der Waals surface area contributed by atoms with Gasteiger partial charge in [-0.15, -0.1) is 0 Å². The number of benzene rings is 1. The third kappa shape index (κ3) is 3.81. The Kier molecular flexibility index (Phi) is 5.15. The van der Waals surface area contributed by atoms with E-state index in [1.807, 2.05) is 32.0 Å². The average Bonchev–Trinajstić information content (AvgIpc) is 2.82. The number of likely N-dealkylation sites (tertiary alicyclic amines) is 1. The lowest BCUT2D eigenvalue weighted by molar-refractivity contribution is -0.126. The molecule has 4 nitrogen and oxygen atoms in total. The second-order valence-corrected chi connectivity index (χ2v) is 5.89. The summed E-state index contributed by atoms with van der Waals surface area (Å²) >= 11 is 0. The zero-order valence-corrected chi connectivity index (χ0v) is 12.2. The molecule has 0 saturated carbocycles. The number of nitrogens with one attached hydrogen (secondary N) is 1. The van der Waals surface area contributed by atoms with Gasteiger partial charge in [-0.25, -0.2) is 0 Å². The minimum absolute atomic E-state index is 0.0393. The first kappa shape index (κ1) is 15.0. The van der Waals surface area contributed by atoms with Crippen LogP contribution in [0.5, 0.6) is 0 Å². The molecule has 110 valence electrons. The average molecular weight is 276 g/mol. The number of aliphatic hydroxyl groups excluding tert-OH is 1. The Labute approximate surface area is 120 Å². The number of hydrogen-bond acceptors (Lipinski definition) is 3. The molecular weight excluding hydrogens is 252 g/mol. The van der Waals surface area contributed by atoms with Gasteiger partial charge in [-0.05, 0) is 19.4 Å². The molecule has 0 aromatic heterocycles. The fourth-order valence-electron chi connectivity index (χ4n) is 2.80. The Bertz CT molecular complexity index is 433. The largest absolute Gasteiger partial charge is 0.396 e. The van der Waals surface area contributed by atoms with Crippen molar-refractivity contribution in [2.45, 2.75) is 26.4 Å². The normalized spacial score (nSPS) is 23.2. The summed E-state index contributed by atoms with van der Waals surface area (Å²) in [6.07, 6.45) is 0. The molecule has 2 rings (SSSR count). The lowest BCUT2D eigenvalue weighted by Crippen LogP contribution is -2.39. The summed E-state index contributed by atoms with van der Waals surface area (Å²) in [5.41, 5.74) is 1.24. The van der Waals surface area contributed by atoms with Crippen molar-refractivity contribution in [3.8, 4) is 0 Å². The topological polar surface area (TPSA) is 52.6 Å². The Morgan fingerprint density at radius 1 is 1.35 bits per heavy atom. The van der Waals surface area contributed by atoms with Gasteiger partial charge in [-0.2, -0.15) is 0 Å². The fourth-order valence-corrected chi connectivity index (χ4v) is 2.80. The summed E-state index contributed by atoms with van der Waals surface area (Å²) in [7, 11) is 0. The smallest absolute Gasteiger partial charge is 0.225 e. The summed E-state index contributed by atoms with van der Waals surface area (Å²) in [5.74, 6) is -0.00168. The summed E-state index contributed by atoms with van der Waals surface area (Å²) in [6, 6.07) is 10.4. The third-order valence-electron chi connectivity index (χ3n) is 3.77. The molecule has 1 aromatic rings. The minimum atomic E-state index is -0.105.